The van der Waals surface area contributed by atoms with E-state index in [9.17, 15) is 14.4 Å². The average Bonchev–Trinajstić information content (AvgIpc) is 1.47. The molecule has 3 aliphatic rings. The Morgan fingerprint density at radius 3 is 1.02 bits per heavy atom. The van der Waals surface area contributed by atoms with Crippen LogP contribution in [0.1, 0.15) is 358 Å². The highest BCUT2D eigenvalue weighted by Crippen LogP contribution is 2.18. The maximum absolute atomic E-state index is 11.1. The standard InChI is InChI=1S/C10H22N2O.C10H22N2.2C9H21N.C8H19NO2.C8H19NO.C7H17NO2.2C7H15NO.C7H17NO.C7H17N.C5H11NO.C5H10O2/c1-10(2,3)11-4-5-12-6-8-13-9-7-12;1-10(2,3)11-6-9-12-7-4-5-8-12;1-8(2,3)7-10-9(4,5)6;1-7-9(5,6)10-8(2,3)4;1-8(2,3)9-4-6-11-7-5-10;1-5-7(6-10)9-8(2,3)4;1-7(2,3)8-4-6(10)5-9;1-7(2,3)8-6-4-9-5-6;1-7(2,3)6(9)8(4)5;1-7(2,3)8-5-6-9-4;1-5-6-8-7(2,3)4;2*1-5(2,3)4(6)7/h11H,4-9H2,1-3H3;11H,4-9H2,1-3H3;2*10H,7H2,1-6H3;9-10H,4-7H2,1-3H3;7,9-10H,5-6H2,1-4H3;6,8-10H,4-5H2,1-3H3;6,8H,4-5H2,1-3H3;1-5H3;8H,5-6H2,1-4H3;8H,5-6H2,1-4H3;1-3H3,(H2,6,7);1-3H3,(H,6,7). The Bertz CT molecular complexity index is 2390. The lowest BCUT2D eigenvalue weighted by Gasteiger charge is -2.34. The first-order chi connectivity index (χ1) is 55.6. The molecule has 0 radical (unpaired) electrons. The third kappa shape index (κ3) is 140. The van der Waals surface area contributed by atoms with Gasteiger partial charge >= 0.3 is 5.97 Å². The Morgan fingerprint density at radius 2 is 0.816 bits per heavy atom. The third-order valence-corrected chi connectivity index (χ3v) is 16.4. The number of aliphatic carboxylic acids is 1. The molecule has 0 aliphatic carbocycles. The minimum atomic E-state index is -0.757. The van der Waals surface area contributed by atoms with E-state index in [1.807, 2.05) is 41.5 Å². The van der Waals surface area contributed by atoms with Gasteiger partial charge in [0, 0.05) is 164 Å². The predicted molar refractivity (Wildman–Crippen MR) is 543 cm³/mol. The van der Waals surface area contributed by atoms with Gasteiger partial charge in [0.25, 0.3) is 0 Å². The number of likely N-dealkylation sites (tertiary alicyclic amines) is 1. The summed E-state index contributed by atoms with van der Waals surface area (Å²) in [5.41, 5.74) is 6.49. The summed E-state index contributed by atoms with van der Waals surface area (Å²) in [5.74, 6) is -0.845. The first-order valence-electron chi connectivity index (χ1n) is 47.1. The monoisotopic (exact) mass is 1800 g/mol. The second kappa shape index (κ2) is 72.1. The van der Waals surface area contributed by atoms with Gasteiger partial charge in [0.2, 0.25) is 11.8 Å². The molecule has 0 aromatic carbocycles. The molecule has 0 aromatic rings. The number of aliphatic hydroxyl groups excluding tert-OH is 4. The Balaban J connectivity index is -0.000000144. The van der Waals surface area contributed by atoms with E-state index >= 15 is 0 Å². The van der Waals surface area contributed by atoms with E-state index in [1.54, 1.807) is 67.6 Å². The van der Waals surface area contributed by atoms with E-state index in [1.165, 1.54) is 45.3 Å². The number of hydrogen-bond acceptors (Lipinski definition) is 23. The van der Waals surface area contributed by atoms with E-state index in [0.29, 0.717) is 36.8 Å². The number of nitrogens with zero attached hydrogens (tertiary/aromatic N) is 3. The zero-order valence-electron chi connectivity index (χ0n) is 92.5. The number of hydrogen-bond donors (Lipinski definition) is 16. The van der Waals surface area contributed by atoms with Crippen LogP contribution in [-0.2, 0) is 33.3 Å². The molecular weight excluding hydrogens is 1580 g/mol. The third-order valence-electron chi connectivity index (χ3n) is 16.4. The van der Waals surface area contributed by atoms with Crippen LogP contribution in [0.3, 0.4) is 0 Å². The van der Waals surface area contributed by atoms with Gasteiger partial charge in [-0.2, -0.15) is 0 Å². The molecule has 2 amide bonds. The minimum Gasteiger partial charge on any atom is -0.481 e. The number of methoxy groups -OCH3 is 1. The van der Waals surface area contributed by atoms with Crippen LogP contribution in [0.5, 0.6) is 0 Å². The van der Waals surface area contributed by atoms with Crippen molar-refractivity contribution in [2.45, 2.75) is 437 Å². The number of nitrogens with one attached hydrogen (secondary N) is 10. The lowest BCUT2D eigenvalue weighted by Crippen LogP contribution is -2.53. The summed E-state index contributed by atoms with van der Waals surface area (Å²) in [4.78, 5) is 38.0. The molecule has 2 atom stereocenters. The van der Waals surface area contributed by atoms with Crippen molar-refractivity contribution in [1.29, 1.82) is 0 Å². The molecule has 17 N–H and O–H groups in total. The summed E-state index contributed by atoms with van der Waals surface area (Å²) in [5, 5.41) is 76.6. The zero-order chi connectivity index (χ0) is 101. The van der Waals surface area contributed by atoms with Crippen LogP contribution in [0.2, 0.25) is 0 Å². The minimum absolute atomic E-state index is 0.0101. The van der Waals surface area contributed by atoms with Crippen molar-refractivity contribution < 1.29 is 58.9 Å². The molecule has 0 saturated carbocycles. The summed E-state index contributed by atoms with van der Waals surface area (Å²) < 4.78 is 20.2. The van der Waals surface area contributed by atoms with Crippen LogP contribution in [0.25, 0.3) is 0 Å². The number of β-amino-alcohol motifs (C(OH)–C–C–N with tert-alkyl or cyclic N) is 1. The van der Waals surface area contributed by atoms with Gasteiger partial charge in [0.05, 0.1) is 83.6 Å². The Hall–Kier alpha value is -2.39. The molecule has 3 heterocycles. The molecule has 2 unspecified atom stereocenters. The summed E-state index contributed by atoms with van der Waals surface area (Å²) >= 11 is 0. The summed E-state index contributed by atoms with van der Waals surface area (Å²) in [6, 6.07) is 0.852. The topological polar surface area (TPSA) is 345 Å². The van der Waals surface area contributed by atoms with Crippen LogP contribution >= 0.6 is 0 Å². The van der Waals surface area contributed by atoms with E-state index in [4.69, 9.17) is 50.2 Å². The number of ether oxygens (including phenoxy) is 4. The molecule has 0 spiro atoms. The maximum Gasteiger partial charge on any atom is 0.308 e. The van der Waals surface area contributed by atoms with Crippen LogP contribution in [0.15, 0.2) is 0 Å². The molecular formula is C99H226N14O12. The highest BCUT2D eigenvalue weighted by atomic mass is 16.5. The predicted octanol–water partition coefficient (Wildman–Crippen LogP) is 14.8. The molecule has 125 heavy (non-hydrogen) atoms. The number of carboxylic acids is 1. The number of carbonyl (C=O) groups is 3. The van der Waals surface area contributed by atoms with E-state index in [-0.39, 0.29) is 104 Å². The van der Waals surface area contributed by atoms with Crippen LogP contribution in [0, 0.1) is 21.7 Å². The number of primary amides is 1. The van der Waals surface area contributed by atoms with Crippen molar-refractivity contribution in [2.24, 2.45) is 27.4 Å². The highest BCUT2D eigenvalue weighted by molar-refractivity contribution is 5.81. The quantitative estimate of drug-likeness (QED) is 0.0358. The number of carboxylic acid groups (broad SMARTS) is 1. The first kappa shape index (κ1) is 143. The van der Waals surface area contributed by atoms with Crippen LogP contribution in [0.4, 0.5) is 0 Å². The molecule has 764 valence electrons. The number of nitrogens with two attached hydrogens (primary N) is 1. The van der Waals surface area contributed by atoms with E-state index in [2.05, 4.69) is 305 Å². The molecule has 3 saturated heterocycles. The first-order valence-corrected chi connectivity index (χ1v) is 47.1. The smallest absolute Gasteiger partial charge is 0.308 e. The fraction of sp³-hybridized carbons (Fsp3) is 0.970. The van der Waals surface area contributed by atoms with Gasteiger partial charge in [-0.25, -0.2) is 0 Å². The zero-order valence-corrected chi connectivity index (χ0v) is 92.5. The SMILES string of the molecule is CC(C)(C)C(=O)O.CC(C)(C)C(N)=O.CC(C)(C)CNC(C)(C)C.CC(C)(C)NC1COC1.CC(C)(C)NCC(O)CO.CC(C)(C)NCCN1CCCC1.CC(C)(C)NCCN1CCOCC1.CC(C)(C)NCCOCCO.CCC(C)(C)NC(C)(C)C.CCC(CO)NC(C)(C)C.CCCNC(C)(C)C.CN(C)C(=O)C(C)(C)C.COCCNC(C)(C)C. The molecule has 0 aromatic heterocycles. The lowest BCUT2D eigenvalue weighted by molar-refractivity contribution is -0.145. The fourth-order valence-corrected chi connectivity index (χ4v) is 9.32. The van der Waals surface area contributed by atoms with E-state index in [0.717, 1.165) is 98.4 Å². The Kier molecular flexibility index (Phi) is 82.5. The fourth-order valence-electron chi connectivity index (χ4n) is 9.32. The van der Waals surface area contributed by atoms with Gasteiger partial charge in [0.15, 0.2) is 0 Å². The lowest BCUT2D eigenvalue weighted by atomic mass is 9.95. The van der Waals surface area contributed by atoms with Crippen molar-refractivity contribution in [2.75, 3.05) is 172 Å². The summed E-state index contributed by atoms with van der Waals surface area (Å²) in [6.45, 7) is 118. The highest BCUT2D eigenvalue weighted by Gasteiger charge is 2.26. The molecule has 3 rings (SSSR count). The number of amides is 2. The van der Waals surface area contributed by atoms with E-state index < -0.39 is 17.5 Å². The normalized spacial score (nSPS) is 15.1. The van der Waals surface area contributed by atoms with Crippen molar-refractivity contribution in [3.63, 3.8) is 0 Å². The van der Waals surface area contributed by atoms with Gasteiger partial charge in [0.1, 0.15) is 0 Å². The maximum atomic E-state index is 11.1. The van der Waals surface area contributed by atoms with Gasteiger partial charge in [-0.1, -0.05) is 83.1 Å². The second-order valence-corrected chi connectivity index (χ2v) is 48.4. The Labute approximate surface area is 777 Å². The number of carbonyl (C=O) groups excluding carboxylic acids is 2. The number of aliphatic hydroxyl groups is 4. The molecule has 3 fully saturated rings. The average molecular weight is 1800 g/mol. The second-order valence-electron chi connectivity index (χ2n) is 48.4. The molecule has 26 heteroatoms. The Morgan fingerprint density at radius 1 is 0.456 bits per heavy atom. The summed E-state index contributed by atoms with van der Waals surface area (Å²) in [6.07, 6.45) is 5.53. The number of rotatable bonds is 26. The van der Waals surface area contributed by atoms with Gasteiger partial charge in [-0.05, 0) is 299 Å². The van der Waals surface area contributed by atoms with Crippen molar-refractivity contribution in [1.82, 2.24) is 67.9 Å². The molecule has 0 bridgehead atoms. The van der Waals surface area contributed by atoms with Crippen molar-refractivity contribution in [3.8, 4) is 0 Å². The summed E-state index contributed by atoms with van der Waals surface area (Å²) in [7, 11) is 5.26. The molecule has 3 aliphatic heterocycles. The molecule has 26 nitrogen and oxygen atoms in total. The van der Waals surface area contributed by atoms with Crippen LogP contribution in [-0.4, -0.2) is 309 Å². The van der Waals surface area contributed by atoms with Gasteiger partial charge in [-0.15, -0.1) is 0 Å². The van der Waals surface area contributed by atoms with Crippen molar-refractivity contribution >= 4 is 17.8 Å². The van der Waals surface area contributed by atoms with Gasteiger partial charge < -0.3 is 113 Å². The van der Waals surface area contributed by atoms with Crippen LogP contribution < -0.4 is 58.9 Å². The van der Waals surface area contributed by atoms with Crippen molar-refractivity contribution in [3.05, 3.63) is 0 Å². The van der Waals surface area contributed by atoms with Gasteiger partial charge in [-0.3, -0.25) is 19.3 Å². The number of morpholine rings is 1. The largest absolute Gasteiger partial charge is 0.481 e.